The standard InChI is InChI=1S/C14H24N2.ClHO4/c1-12-13(7-5-11-15-12)6-4-9-14-8-2-3-10-16-14;2-1(3,4)5/h4,6,9,12-13,15-16H,2-3,5,7-8,10-11H2,1H3;(H,2,3,4,5). The predicted molar refractivity (Wildman–Crippen MR) is 71.5 cm³/mol. The van der Waals surface area contributed by atoms with Crippen molar-refractivity contribution in [3.8, 4) is 0 Å². The van der Waals surface area contributed by atoms with Gasteiger partial charge in [0, 0.05) is 18.3 Å². The lowest BCUT2D eigenvalue weighted by Gasteiger charge is -2.27. The van der Waals surface area contributed by atoms with Crippen LogP contribution in [0.25, 0.3) is 0 Å². The molecule has 7 heteroatoms. The summed E-state index contributed by atoms with van der Waals surface area (Å²) in [6, 6.07) is 0.641. The van der Waals surface area contributed by atoms with Crippen molar-refractivity contribution in [3.05, 3.63) is 23.9 Å². The Balaban J connectivity index is 0.000000383. The van der Waals surface area contributed by atoms with Crippen LogP contribution in [-0.2, 0) is 0 Å². The molecule has 0 aromatic rings. The number of nitrogens with one attached hydrogen (secondary N) is 2. The van der Waals surface area contributed by atoms with E-state index in [0.29, 0.717) is 12.0 Å². The average molecular weight is 321 g/mol. The highest BCUT2D eigenvalue weighted by atomic mass is 35.7. The highest BCUT2D eigenvalue weighted by Crippen LogP contribution is 2.18. The number of hydrogen-bond acceptors (Lipinski definition) is 6. The Labute approximate surface area is 128 Å². The molecule has 2 aliphatic heterocycles. The van der Waals surface area contributed by atoms with Crippen LogP contribution in [-0.4, -0.2) is 23.8 Å². The van der Waals surface area contributed by atoms with Crippen LogP contribution < -0.4 is 24.6 Å². The molecular formula is C14H25ClN2O4. The van der Waals surface area contributed by atoms with Crippen molar-refractivity contribution in [2.24, 2.45) is 5.92 Å². The molecule has 0 spiro atoms. The number of halogens is 1. The van der Waals surface area contributed by atoms with Crippen molar-refractivity contribution >= 4 is 0 Å². The fourth-order valence-electron chi connectivity index (χ4n) is 2.57. The number of hydrogen-bond donors (Lipinski definition) is 3. The molecule has 3 N–H and O–H groups in total. The molecule has 0 bridgehead atoms. The molecule has 2 heterocycles. The Hall–Kier alpha value is -0.630. The third kappa shape index (κ3) is 9.84. The summed E-state index contributed by atoms with van der Waals surface area (Å²) in [5.41, 5.74) is 1.42. The van der Waals surface area contributed by atoms with Gasteiger partial charge in [0.25, 0.3) is 0 Å². The van der Waals surface area contributed by atoms with Crippen LogP contribution in [0.4, 0.5) is 0 Å². The van der Waals surface area contributed by atoms with Gasteiger partial charge in [-0.05, 0) is 57.6 Å². The van der Waals surface area contributed by atoms with E-state index in [9.17, 15) is 0 Å². The van der Waals surface area contributed by atoms with E-state index < -0.39 is 10.2 Å². The molecule has 2 aliphatic rings. The molecule has 2 saturated heterocycles. The second-order valence-electron chi connectivity index (χ2n) is 5.41. The first-order valence-corrected chi connectivity index (χ1v) is 8.60. The van der Waals surface area contributed by atoms with Crippen molar-refractivity contribution in [2.75, 3.05) is 13.1 Å². The number of allylic oxidation sites excluding steroid dienone is 3. The average Bonchev–Trinajstić information content (AvgIpc) is 2.40. The monoisotopic (exact) mass is 320 g/mol. The van der Waals surface area contributed by atoms with E-state index >= 15 is 0 Å². The Morgan fingerprint density at radius 1 is 1.19 bits per heavy atom. The maximum Gasteiger partial charge on any atom is 0.0777 e. The topological polar surface area (TPSA) is 113 Å². The van der Waals surface area contributed by atoms with Crippen molar-refractivity contribution in [2.45, 2.75) is 45.1 Å². The minimum Gasteiger partial charge on any atom is -0.388 e. The Morgan fingerprint density at radius 2 is 1.90 bits per heavy atom. The molecule has 0 aromatic heterocycles. The fraction of sp³-hybridized carbons (Fsp3) is 0.714. The molecule has 2 unspecified atom stereocenters. The molecule has 0 amide bonds. The van der Waals surface area contributed by atoms with Gasteiger partial charge >= 0.3 is 0 Å². The second kappa shape index (κ2) is 9.40. The van der Waals surface area contributed by atoms with Gasteiger partial charge in [0.15, 0.2) is 0 Å². The van der Waals surface area contributed by atoms with E-state index in [0.717, 1.165) is 6.54 Å². The first-order chi connectivity index (χ1) is 9.86. The zero-order valence-corrected chi connectivity index (χ0v) is 13.1. The number of rotatable bonds is 2. The molecule has 2 rings (SSSR count). The molecule has 0 radical (unpaired) electrons. The van der Waals surface area contributed by atoms with E-state index in [4.69, 9.17) is 18.6 Å². The van der Waals surface area contributed by atoms with Crippen LogP contribution in [0, 0.1) is 16.2 Å². The van der Waals surface area contributed by atoms with E-state index in [1.807, 2.05) is 0 Å². The largest absolute Gasteiger partial charge is 0.388 e. The van der Waals surface area contributed by atoms with E-state index in [2.05, 4.69) is 35.8 Å². The smallest absolute Gasteiger partial charge is 0.0777 e. The van der Waals surface area contributed by atoms with E-state index in [-0.39, 0.29) is 0 Å². The van der Waals surface area contributed by atoms with Crippen molar-refractivity contribution in [3.63, 3.8) is 0 Å². The third-order valence-electron chi connectivity index (χ3n) is 3.70. The summed E-state index contributed by atoms with van der Waals surface area (Å²) < 4.78 is 32.7. The van der Waals surface area contributed by atoms with Crippen molar-refractivity contribution in [1.82, 2.24) is 10.6 Å². The zero-order valence-electron chi connectivity index (χ0n) is 12.4. The molecule has 6 nitrogen and oxygen atoms in total. The molecule has 21 heavy (non-hydrogen) atoms. The van der Waals surface area contributed by atoms with Crippen LogP contribution in [0.15, 0.2) is 23.9 Å². The SMILES string of the molecule is CC1NCCCC1C=CC=C1CCCCN1.[O-][Cl+3]([O-])([O-])O. The van der Waals surface area contributed by atoms with Gasteiger partial charge in [-0.2, -0.15) is 14.0 Å². The van der Waals surface area contributed by atoms with Crippen LogP contribution in [0.3, 0.4) is 0 Å². The minimum atomic E-state index is -4.69. The minimum absolute atomic E-state index is 0.641. The first kappa shape index (κ1) is 18.4. The summed E-state index contributed by atoms with van der Waals surface area (Å²) in [5.74, 6) is 0.717. The molecule has 2 atom stereocenters. The van der Waals surface area contributed by atoms with Gasteiger partial charge in [-0.15, -0.1) is 0 Å². The molecule has 0 saturated carbocycles. The second-order valence-corrected chi connectivity index (χ2v) is 6.20. The third-order valence-corrected chi connectivity index (χ3v) is 3.70. The quantitative estimate of drug-likeness (QED) is 0.568. The zero-order chi connectivity index (χ0) is 15.7. The van der Waals surface area contributed by atoms with Gasteiger partial charge in [-0.1, -0.05) is 12.2 Å². The van der Waals surface area contributed by atoms with E-state index in [1.54, 1.807) is 0 Å². The number of piperidine rings is 2. The fourth-order valence-corrected chi connectivity index (χ4v) is 2.57. The van der Waals surface area contributed by atoms with Crippen LogP contribution in [0.2, 0.25) is 0 Å². The van der Waals surface area contributed by atoms with Gasteiger partial charge < -0.3 is 10.6 Å². The van der Waals surface area contributed by atoms with Gasteiger partial charge in [-0.25, -0.2) is 0 Å². The first-order valence-electron chi connectivity index (χ1n) is 7.34. The van der Waals surface area contributed by atoms with Crippen LogP contribution in [0.5, 0.6) is 0 Å². The Bertz CT molecular complexity index is 341. The van der Waals surface area contributed by atoms with Crippen molar-refractivity contribution in [1.29, 1.82) is 0 Å². The lowest BCUT2D eigenvalue weighted by Crippen LogP contribution is -2.58. The lowest BCUT2D eigenvalue weighted by atomic mass is 9.91. The Morgan fingerprint density at radius 3 is 2.48 bits per heavy atom. The van der Waals surface area contributed by atoms with E-state index in [1.165, 1.54) is 44.3 Å². The Kier molecular flexibility index (Phi) is 8.24. The molecule has 122 valence electrons. The summed E-state index contributed by atoms with van der Waals surface area (Å²) in [6.07, 6.45) is 13.4. The maximum atomic E-state index is 8.60. The lowest BCUT2D eigenvalue weighted by molar-refractivity contribution is -1.92. The molecule has 0 aliphatic carbocycles. The summed E-state index contributed by atoms with van der Waals surface area (Å²) >= 11 is 0. The maximum absolute atomic E-state index is 8.60. The van der Waals surface area contributed by atoms with Gasteiger partial charge in [0.1, 0.15) is 0 Å². The van der Waals surface area contributed by atoms with Crippen molar-refractivity contribution < 1.29 is 28.9 Å². The predicted octanol–water partition coefficient (Wildman–Crippen LogP) is -1.54. The van der Waals surface area contributed by atoms with Gasteiger partial charge in [-0.3, -0.25) is 0 Å². The summed E-state index contributed by atoms with van der Waals surface area (Å²) in [7, 11) is -4.69. The summed E-state index contributed by atoms with van der Waals surface area (Å²) in [5, 5.41) is 7.00. The van der Waals surface area contributed by atoms with Crippen LogP contribution in [0.1, 0.15) is 39.0 Å². The summed E-state index contributed by atoms with van der Waals surface area (Å²) in [6.45, 7) is 4.63. The van der Waals surface area contributed by atoms with Gasteiger partial charge in [0.05, 0.1) is 14.9 Å². The highest BCUT2D eigenvalue weighted by molar-refractivity contribution is 5.13. The highest BCUT2D eigenvalue weighted by Gasteiger charge is 2.17. The molecular weight excluding hydrogens is 296 g/mol. The molecule has 2 fully saturated rings. The van der Waals surface area contributed by atoms with Crippen LogP contribution >= 0.6 is 0 Å². The normalized spacial score (nSPS) is 28.9. The molecule has 0 aromatic carbocycles. The summed E-state index contributed by atoms with van der Waals surface area (Å²) in [4.78, 5) is 0. The van der Waals surface area contributed by atoms with Gasteiger partial charge in [0.2, 0.25) is 0 Å².